The molecule has 0 spiro atoms. The van der Waals surface area contributed by atoms with E-state index in [1.165, 1.54) is 12.1 Å². The van der Waals surface area contributed by atoms with Gasteiger partial charge in [-0.05, 0) is 43.0 Å². The third-order valence-corrected chi connectivity index (χ3v) is 2.79. The number of hydrogen-bond acceptors (Lipinski definition) is 3. The molecule has 0 bridgehead atoms. The van der Waals surface area contributed by atoms with Crippen molar-refractivity contribution in [2.45, 2.75) is 25.9 Å². The molecule has 18 heavy (non-hydrogen) atoms. The van der Waals surface area contributed by atoms with Gasteiger partial charge in [0.1, 0.15) is 5.82 Å². The molecule has 1 N–H and O–H groups in total. The smallest absolute Gasteiger partial charge is 0.123 e. The third kappa shape index (κ3) is 5.58. The first kappa shape index (κ1) is 15.1. The molecule has 0 amide bonds. The van der Waals surface area contributed by atoms with Crippen LogP contribution in [0.25, 0.3) is 0 Å². The third-order valence-electron chi connectivity index (χ3n) is 2.79. The average Bonchev–Trinajstić information content (AvgIpc) is 2.32. The van der Waals surface area contributed by atoms with E-state index in [0.29, 0.717) is 32.7 Å². The zero-order valence-electron chi connectivity index (χ0n) is 11.0. The van der Waals surface area contributed by atoms with Gasteiger partial charge >= 0.3 is 0 Å². The molecule has 102 valence electrons. The fraction of sp³-hybridized carbons (Fsp3) is 0.571. The summed E-state index contributed by atoms with van der Waals surface area (Å²) in [4.78, 5) is 0. The molecule has 0 fully saturated rings. The van der Waals surface area contributed by atoms with E-state index < -0.39 is 6.10 Å². The number of halogens is 1. The lowest BCUT2D eigenvalue weighted by atomic mass is 10.0. The zero-order valence-corrected chi connectivity index (χ0v) is 11.0. The van der Waals surface area contributed by atoms with Crippen molar-refractivity contribution in [1.82, 2.24) is 0 Å². The van der Waals surface area contributed by atoms with Gasteiger partial charge in [0.25, 0.3) is 0 Å². The first-order chi connectivity index (χ1) is 8.63. The molecule has 0 aromatic heterocycles. The highest BCUT2D eigenvalue weighted by Crippen LogP contribution is 2.13. The van der Waals surface area contributed by atoms with E-state index in [4.69, 9.17) is 9.47 Å². The van der Waals surface area contributed by atoms with E-state index >= 15 is 0 Å². The normalized spacial score (nSPS) is 12.7. The van der Waals surface area contributed by atoms with Crippen LogP contribution in [0.4, 0.5) is 4.39 Å². The van der Waals surface area contributed by atoms with E-state index in [-0.39, 0.29) is 5.82 Å². The molecule has 0 saturated carbocycles. The zero-order chi connectivity index (χ0) is 13.4. The van der Waals surface area contributed by atoms with Gasteiger partial charge in [-0.25, -0.2) is 4.39 Å². The standard InChI is InChI=1S/C14H21FO3/c1-11-9-13(15)4-3-12(11)10-14(16)5-6-18-8-7-17-2/h3-4,9,14,16H,5-8,10H2,1-2H3. The molecular formula is C14H21FO3. The monoisotopic (exact) mass is 256 g/mol. The Kier molecular flexibility index (Phi) is 6.86. The first-order valence-corrected chi connectivity index (χ1v) is 6.13. The Hall–Kier alpha value is -0.970. The second-order valence-corrected chi connectivity index (χ2v) is 4.32. The van der Waals surface area contributed by atoms with Gasteiger partial charge in [0, 0.05) is 13.7 Å². The van der Waals surface area contributed by atoms with Crippen LogP contribution in [0, 0.1) is 12.7 Å². The number of hydrogen-bond donors (Lipinski definition) is 1. The summed E-state index contributed by atoms with van der Waals surface area (Å²) in [6.07, 6.45) is 0.636. The summed E-state index contributed by atoms with van der Waals surface area (Å²) >= 11 is 0. The summed E-state index contributed by atoms with van der Waals surface area (Å²) in [5.74, 6) is -0.242. The molecule has 0 aliphatic carbocycles. The topological polar surface area (TPSA) is 38.7 Å². The molecule has 0 heterocycles. The molecule has 3 nitrogen and oxygen atoms in total. The Morgan fingerprint density at radius 3 is 2.72 bits per heavy atom. The van der Waals surface area contributed by atoms with Crippen LogP contribution in [0.3, 0.4) is 0 Å². The van der Waals surface area contributed by atoms with Crippen molar-refractivity contribution < 1.29 is 19.0 Å². The summed E-state index contributed by atoms with van der Waals surface area (Å²) in [6.45, 7) is 3.46. The molecular weight excluding hydrogens is 235 g/mol. The molecule has 1 atom stereocenters. The first-order valence-electron chi connectivity index (χ1n) is 6.13. The van der Waals surface area contributed by atoms with Crippen LogP contribution >= 0.6 is 0 Å². The minimum atomic E-state index is -0.461. The Morgan fingerprint density at radius 1 is 1.28 bits per heavy atom. The summed E-state index contributed by atoms with van der Waals surface area (Å²) in [5, 5.41) is 9.85. The number of methoxy groups -OCH3 is 1. The predicted octanol–water partition coefficient (Wildman–Crippen LogP) is 2.09. The fourth-order valence-electron chi connectivity index (χ4n) is 1.71. The Labute approximate surface area is 108 Å². The molecule has 1 rings (SSSR count). The molecule has 1 unspecified atom stereocenters. The summed E-state index contributed by atoms with van der Waals surface area (Å²) in [7, 11) is 1.62. The minimum Gasteiger partial charge on any atom is -0.393 e. The highest BCUT2D eigenvalue weighted by Gasteiger charge is 2.08. The molecule has 0 radical (unpaired) electrons. The molecule has 1 aromatic rings. The molecule has 1 aromatic carbocycles. The van der Waals surface area contributed by atoms with Gasteiger partial charge in [0.15, 0.2) is 0 Å². The number of aryl methyl sites for hydroxylation is 1. The highest BCUT2D eigenvalue weighted by atomic mass is 19.1. The summed E-state index contributed by atoms with van der Waals surface area (Å²) < 4.78 is 23.0. The fourth-order valence-corrected chi connectivity index (χ4v) is 1.71. The SMILES string of the molecule is COCCOCCC(O)Cc1ccc(F)cc1C. The average molecular weight is 256 g/mol. The highest BCUT2D eigenvalue weighted by molar-refractivity contribution is 5.27. The van der Waals surface area contributed by atoms with Crippen molar-refractivity contribution in [2.24, 2.45) is 0 Å². The molecule has 0 saturated heterocycles. The van der Waals surface area contributed by atoms with E-state index in [9.17, 15) is 9.50 Å². The number of benzene rings is 1. The van der Waals surface area contributed by atoms with Gasteiger partial charge < -0.3 is 14.6 Å². The maximum absolute atomic E-state index is 12.9. The van der Waals surface area contributed by atoms with Crippen LogP contribution in [0.15, 0.2) is 18.2 Å². The van der Waals surface area contributed by atoms with Crippen molar-refractivity contribution in [3.63, 3.8) is 0 Å². The van der Waals surface area contributed by atoms with E-state index in [0.717, 1.165) is 11.1 Å². The predicted molar refractivity (Wildman–Crippen MR) is 68.2 cm³/mol. The van der Waals surface area contributed by atoms with Gasteiger partial charge in [-0.15, -0.1) is 0 Å². The van der Waals surface area contributed by atoms with Gasteiger partial charge in [0.2, 0.25) is 0 Å². The van der Waals surface area contributed by atoms with Crippen molar-refractivity contribution in [1.29, 1.82) is 0 Å². The van der Waals surface area contributed by atoms with Gasteiger partial charge in [-0.3, -0.25) is 0 Å². The Morgan fingerprint density at radius 2 is 2.06 bits per heavy atom. The van der Waals surface area contributed by atoms with Crippen LogP contribution in [-0.4, -0.2) is 38.1 Å². The van der Waals surface area contributed by atoms with Gasteiger partial charge in [-0.1, -0.05) is 6.07 Å². The van der Waals surface area contributed by atoms with Gasteiger partial charge in [0.05, 0.1) is 19.3 Å². The van der Waals surface area contributed by atoms with Crippen LogP contribution in [0.5, 0.6) is 0 Å². The number of ether oxygens (including phenoxy) is 2. The van der Waals surface area contributed by atoms with E-state index in [1.54, 1.807) is 13.2 Å². The lowest BCUT2D eigenvalue weighted by molar-refractivity contribution is 0.0479. The Bertz CT molecular complexity index is 355. The van der Waals surface area contributed by atoms with Crippen LogP contribution in [0.2, 0.25) is 0 Å². The van der Waals surface area contributed by atoms with E-state index in [2.05, 4.69) is 0 Å². The lowest BCUT2D eigenvalue weighted by Crippen LogP contribution is -2.15. The maximum Gasteiger partial charge on any atom is 0.123 e. The minimum absolute atomic E-state index is 0.242. The largest absolute Gasteiger partial charge is 0.393 e. The maximum atomic E-state index is 12.9. The number of aliphatic hydroxyl groups excluding tert-OH is 1. The summed E-state index contributed by atoms with van der Waals surface area (Å²) in [5.41, 5.74) is 1.84. The van der Waals surface area contributed by atoms with Crippen LogP contribution < -0.4 is 0 Å². The quantitative estimate of drug-likeness (QED) is 0.724. The molecule has 0 aliphatic heterocycles. The Balaban J connectivity index is 2.28. The lowest BCUT2D eigenvalue weighted by Gasteiger charge is -2.12. The van der Waals surface area contributed by atoms with Crippen molar-refractivity contribution >= 4 is 0 Å². The van der Waals surface area contributed by atoms with Crippen LogP contribution in [0.1, 0.15) is 17.5 Å². The van der Waals surface area contributed by atoms with E-state index in [1.807, 2.05) is 6.92 Å². The second kappa shape index (κ2) is 8.19. The second-order valence-electron chi connectivity index (χ2n) is 4.32. The number of rotatable bonds is 8. The van der Waals surface area contributed by atoms with Gasteiger partial charge in [-0.2, -0.15) is 0 Å². The van der Waals surface area contributed by atoms with Crippen molar-refractivity contribution in [3.05, 3.63) is 35.1 Å². The molecule has 4 heteroatoms. The van der Waals surface area contributed by atoms with Crippen LogP contribution in [-0.2, 0) is 15.9 Å². The van der Waals surface area contributed by atoms with Crippen molar-refractivity contribution in [2.75, 3.05) is 26.9 Å². The summed E-state index contributed by atoms with van der Waals surface area (Å²) in [6, 6.07) is 4.63. The van der Waals surface area contributed by atoms with Crippen molar-refractivity contribution in [3.8, 4) is 0 Å². The molecule has 0 aliphatic rings. The number of aliphatic hydroxyl groups is 1.